The molecule has 0 radical (unpaired) electrons. The molecule has 1 rings (SSSR count). The van der Waals surface area contributed by atoms with Crippen molar-refractivity contribution in [1.82, 2.24) is 10.5 Å². The van der Waals surface area contributed by atoms with Crippen molar-refractivity contribution in [3.05, 3.63) is 22.8 Å². The van der Waals surface area contributed by atoms with Crippen LogP contribution >= 0.6 is 11.6 Å². The lowest BCUT2D eigenvalue weighted by Gasteiger charge is -2.17. The summed E-state index contributed by atoms with van der Waals surface area (Å²) in [6.45, 7) is 0.845. The second-order valence-electron chi connectivity index (χ2n) is 3.45. The summed E-state index contributed by atoms with van der Waals surface area (Å²) < 4.78 is 41.6. The van der Waals surface area contributed by atoms with Crippen LogP contribution < -0.4 is 10.2 Å². The molecule has 0 aliphatic rings. The first kappa shape index (κ1) is 15.5. The van der Waals surface area contributed by atoms with Crippen LogP contribution in [0.1, 0.15) is 12.5 Å². The molecule has 106 valence electrons. The van der Waals surface area contributed by atoms with Crippen molar-refractivity contribution < 1.29 is 22.7 Å². The summed E-state index contributed by atoms with van der Waals surface area (Å²) in [5, 5.41) is 7.29. The third-order valence-corrected chi connectivity index (χ3v) is 2.29. The number of hydroxylamine groups is 1. The highest BCUT2D eigenvalue weighted by atomic mass is 35.5. The Morgan fingerprint density at radius 3 is 2.63 bits per heavy atom. The molecule has 19 heavy (non-hydrogen) atoms. The fraction of sp³-hybridized carbons (Fsp3) is 0.400. The molecule has 0 fully saturated rings. The molecule has 0 aliphatic heterocycles. The Bertz CT molecular complexity index is 468. The molecule has 1 aromatic rings. The topological polar surface area (TPSA) is 67.2 Å². The number of nitrogens with one attached hydrogen (secondary N) is 2. The molecule has 0 aromatic carbocycles. The van der Waals surface area contributed by atoms with E-state index in [4.69, 9.17) is 17.0 Å². The van der Waals surface area contributed by atoms with E-state index >= 15 is 0 Å². The first-order chi connectivity index (χ1) is 8.75. The minimum absolute atomic E-state index is 0.141. The maximum atomic E-state index is 12.3. The van der Waals surface area contributed by atoms with Crippen molar-refractivity contribution in [3.63, 3.8) is 0 Å². The Hall–Kier alpha value is -1.54. The Morgan fingerprint density at radius 2 is 2.16 bits per heavy atom. The molecule has 0 saturated carbocycles. The zero-order valence-electron chi connectivity index (χ0n) is 10.0. The van der Waals surface area contributed by atoms with Gasteiger partial charge < -0.3 is 9.57 Å². The molecule has 0 saturated heterocycles. The number of nitrogens with zero attached hydrogens (tertiary/aromatic N) is 1. The van der Waals surface area contributed by atoms with E-state index in [1.165, 1.54) is 13.1 Å². The van der Waals surface area contributed by atoms with E-state index in [2.05, 4.69) is 20.0 Å². The molecule has 5 nitrogen and oxygen atoms in total. The van der Waals surface area contributed by atoms with Crippen LogP contribution in [0.4, 0.5) is 13.2 Å². The number of halogens is 4. The predicted molar refractivity (Wildman–Crippen MR) is 62.4 cm³/mol. The van der Waals surface area contributed by atoms with Crippen LogP contribution in [-0.4, -0.2) is 30.2 Å². The van der Waals surface area contributed by atoms with Gasteiger partial charge in [-0.15, -0.1) is 0 Å². The van der Waals surface area contributed by atoms with E-state index in [0.29, 0.717) is 0 Å². The van der Waals surface area contributed by atoms with Gasteiger partial charge in [-0.2, -0.15) is 18.7 Å². The molecule has 1 unspecified atom stereocenters. The molecule has 2 N–H and O–H groups in total. The second kappa shape index (κ2) is 6.07. The predicted octanol–water partition coefficient (Wildman–Crippen LogP) is 2.54. The fourth-order valence-corrected chi connectivity index (χ4v) is 1.24. The lowest BCUT2D eigenvalue weighted by atomic mass is 10.3. The first-order valence-corrected chi connectivity index (χ1v) is 5.45. The van der Waals surface area contributed by atoms with Gasteiger partial charge in [-0.3, -0.25) is 5.41 Å². The van der Waals surface area contributed by atoms with Crippen molar-refractivity contribution in [3.8, 4) is 5.88 Å². The Morgan fingerprint density at radius 1 is 1.53 bits per heavy atom. The van der Waals surface area contributed by atoms with Crippen LogP contribution in [0.3, 0.4) is 0 Å². The Balaban J connectivity index is 2.86. The number of pyridine rings is 1. The molecular weight excluding hydrogens is 287 g/mol. The van der Waals surface area contributed by atoms with E-state index in [1.807, 2.05) is 0 Å². The zero-order valence-corrected chi connectivity index (χ0v) is 10.8. The summed E-state index contributed by atoms with van der Waals surface area (Å²) in [5.74, 6) is -0.625. The quantitative estimate of drug-likeness (QED) is 0.509. The minimum Gasteiger partial charge on any atom is -0.464 e. The van der Waals surface area contributed by atoms with Crippen molar-refractivity contribution in [2.75, 3.05) is 7.05 Å². The van der Waals surface area contributed by atoms with Crippen molar-refractivity contribution >= 4 is 17.5 Å². The maximum absolute atomic E-state index is 12.3. The standard InChI is InChI=1S/C10H11ClF3N3O2/c1-5(10(12,13)14)18-9-7(11)3-6(4-17-9)8(15)19-16-2/h3-5,15-16H,1-2H3. The molecule has 0 bridgehead atoms. The average molecular weight is 298 g/mol. The highest BCUT2D eigenvalue weighted by molar-refractivity contribution is 6.32. The highest BCUT2D eigenvalue weighted by Crippen LogP contribution is 2.28. The summed E-state index contributed by atoms with van der Waals surface area (Å²) in [6, 6.07) is 1.23. The third-order valence-electron chi connectivity index (χ3n) is 2.02. The van der Waals surface area contributed by atoms with Crippen LogP contribution in [0.2, 0.25) is 5.02 Å². The summed E-state index contributed by atoms with van der Waals surface area (Å²) in [6.07, 6.45) is -5.41. The van der Waals surface area contributed by atoms with E-state index in [9.17, 15) is 13.2 Å². The lowest BCUT2D eigenvalue weighted by molar-refractivity contribution is -0.189. The number of aromatic nitrogens is 1. The smallest absolute Gasteiger partial charge is 0.425 e. The van der Waals surface area contributed by atoms with Crippen molar-refractivity contribution in [1.29, 1.82) is 5.41 Å². The SMILES string of the molecule is CNOC(=N)c1cnc(OC(C)C(F)(F)F)c(Cl)c1. The van der Waals surface area contributed by atoms with E-state index < -0.39 is 12.3 Å². The first-order valence-electron chi connectivity index (χ1n) is 5.07. The molecular formula is C10H11ClF3N3O2. The maximum Gasteiger partial charge on any atom is 0.425 e. The molecule has 1 atom stereocenters. The second-order valence-corrected chi connectivity index (χ2v) is 3.86. The van der Waals surface area contributed by atoms with Crippen molar-refractivity contribution in [2.45, 2.75) is 19.2 Å². The number of rotatable bonds is 4. The highest BCUT2D eigenvalue weighted by Gasteiger charge is 2.38. The number of hydrogen-bond donors (Lipinski definition) is 2. The summed E-state index contributed by atoms with van der Waals surface area (Å²) >= 11 is 5.74. The summed E-state index contributed by atoms with van der Waals surface area (Å²) in [4.78, 5) is 8.30. The van der Waals surface area contributed by atoms with Crippen LogP contribution in [0, 0.1) is 5.41 Å². The van der Waals surface area contributed by atoms with Gasteiger partial charge in [-0.05, 0) is 13.0 Å². The number of ether oxygens (including phenoxy) is 1. The molecule has 0 aliphatic carbocycles. The van der Waals surface area contributed by atoms with Gasteiger partial charge in [0.25, 0.3) is 0 Å². The average Bonchev–Trinajstić information content (AvgIpc) is 2.30. The van der Waals surface area contributed by atoms with Crippen LogP contribution in [0.15, 0.2) is 12.3 Å². The summed E-state index contributed by atoms with van der Waals surface area (Å²) in [7, 11) is 1.45. The van der Waals surface area contributed by atoms with Gasteiger partial charge in [-0.1, -0.05) is 11.6 Å². The number of hydrogen-bond acceptors (Lipinski definition) is 5. The van der Waals surface area contributed by atoms with E-state index in [-0.39, 0.29) is 22.4 Å². The third kappa shape index (κ3) is 4.25. The zero-order chi connectivity index (χ0) is 14.6. The fourth-order valence-electron chi connectivity index (χ4n) is 1.03. The number of alkyl halides is 3. The largest absolute Gasteiger partial charge is 0.464 e. The van der Waals surface area contributed by atoms with Gasteiger partial charge in [0, 0.05) is 13.2 Å². The van der Waals surface area contributed by atoms with Crippen molar-refractivity contribution in [2.24, 2.45) is 0 Å². The lowest BCUT2D eigenvalue weighted by Crippen LogP contribution is -2.31. The minimum atomic E-state index is -4.51. The molecule has 1 heterocycles. The molecule has 0 spiro atoms. The normalized spacial score (nSPS) is 12.9. The van der Waals surface area contributed by atoms with Gasteiger partial charge in [0.05, 0.1) is 5.56 Å². The van der Waals surface area contributed by atoms with Gasteiger partial charge in [-0.25, -0.2) is 4.98 Å². The van der Waals surface area contributed by atoms with Crippen LogP contribution in [0.25, 0.3) is 0 Å². The molecule has 9 heteroatoms. The van der Waals surface area contributed by atoms with Gasteiger partial charge in [0.2, 0.25) is 11.8 Å². The Labute approximate surface area is 112 Å². The molecule has 1 aromatic heterocycles. The van der Waals surface area contributed by atoms with E-state index in [1.54, 1.807) is 0 Å². The Kier molecular flexibility index (Phi) is 4.96. The van der Waals surface area contributed by atoms with Gasteiger partial charge in [0.15, 0.2) is 6.10 Å². The molecule has 0 amide bonds. The van der Waals surface area contributed by atoms with E-state index in [0.717, 1.165) is 13.1 Å². The van der Waals surface area contributed by atoms with Gasteiger partial charge >= 0.3 is 6.18 Å². The monoisotopic (exact) mass is 297 g/mol. The van der Waals surface area contributed by atoms with Crippen LogP contribution in [-0.2, 0) is 4.84 Å². The van der Waals surface area contributed by atoms with Gasteiger partial charge in [0.1, 0.15) is 5.02 Å². The summed E-state index contributed by atoms with van der Waals surface area (Å²) in [5.41, 5.74) is 2.48. The van der Waals surface area contributed by atoms with Crippen LogP contribution in [0.5, 0.6) is 5.88 Å².